The maximum absolute atomic E-state index is 5.10. The van der Waals surface area contributed by atoms with Crippen LogP contribution in [0.5, 0.6) is 5.88 Å². The quantitative estimate of drug-likeness (QED) is 0.893. The zero-order valence-corrected chi connectivity index (χ0v) is 11.2. The van der Waals surface area contributed by atoms with Crippen LogP contribution in [0.1, 0.15) is 25.7 Å². The maximum atomic E-state index is 5.10. The van der Waals surface area contributed by atoms with Crippen LogP contribution in [0, 0.1) is 0 Å². The van der Waals surface area contributed by atoms with E-state index in [2.05, 4.69) is 21.5 Å². The lowest BCUT2D eigenvalue weighted by Gasteiger charge is -2.30. The average molecular weight is 253 g/mol. The Bertz CT molecular complexity index is 361. The van der Waals surface area contributed by atoms with Crippen LogP contribution in [0.25, 0.3) is 0 Å². The van der Waals surface area contributed by atoms with Crippen LogP contribution in [0.4, 0.5) is 5.95 Å². The van der Waals surface area contributed by atoms with E-state index in [0.29, 0.717) is 23.1 Å². The number of ether oxygens (including phenoxy) is 1. The van der Waals surface area contributed by atoms with Gasteiger partial charge in [-0.1, -0.05) is 12.8 Å². The molecule has 2 rings (SSSR count). The Morgan fingerprint density at radius 1 is 1.41 bits per heavy atom. The van der Waals surface area contributed by atoms with Gasteiger partial charge in [0.05, 0.1) is 7.11 Å². The van der Waals surface area contributed by atoms with Crippen LogP contribution < -0.4 is 10.1 Å². The van der Waals surface area contributed by atoms with Crippen molar-refractivity contribution in [2.45, 2.75) is 37.0 Å². The van der Waals surface area contributed by atoms with Gasteiger partial charge in [0.25, 0.3) is 0 Å². The van der Waals surface area contributed by atoms with Gasteiger partial charge in [-0.2, -0.15) is 16.7 Å². The molecule has 1 aliphatic carbocycles. The summed E-state index contributed by atoms with van der Waals surface area (Å²) in [5.74, 6) is 1.29. The number of hydrogen-bond acceptors (Lipinski definition) is 5. The lowest BCUT2D eigenvalue weighted by molar-refractivity contribution is 0.396. The second kappa shape index (κ2) is 6.10. The van der Waals surface area contributed by atoms with Crippen molar-refractivity contribution >= 4 is 17.7 Å². The zero-order valence-electron chi connectivity index (χ0n) is 10.3. The van der Waals surface area contributed by atoms with E-state index in [9.17, 15) is 0 Å². The summed E-state index contributed by atoms with van der Waals surface area (Å²) in [6.07, 6.45) is 9.01. The Labute approximate surface area is 107 Å². The number of rotatable bonds is 4. The smallest absolute Gasteiger partial charge is 0.226 e. The minimum Gasteiger partial charge on any atom is -0.481 e. The van der Waals surface area contributed by atoms with E-state index in [1.165, 1.54) is 25.7 Å². The highest BCUT2D eigenvalue weighted by Crippen LogP contribution is 2.28. The molecule has 1 aromatic heterocycles. The molecule has 0 bridgehead atoms. The summed E-state index contributed by atoms with van der Waals surface area (Å²) >= 11 is 1.93. The molecule has 0 amide bonds. The van der Waals surface area contributed by atoms with Crippen molar-refractivity contribution in [2.24, 2.45) is 0 Å². The van der Waals surface area contributed by atoms with Crippen molar-refractivity contribution in [1.29, 1.82) is 0 Å². The first kappa shape index (κ1) is 12.5. The van der Waals surface area contributed by atoms with E-state index in [1.807, 2.05) is 11.8 Å². The van der Waals surface area contributed by atoms with Crippen LogP contribution in [-0.4, -0.2) is 34.6 Å². The third-order valence-corrected chi connectivity index (χ3v) is 4.33. The summed E-state index contributed by atoms with van der Waals surface area (Å²) in [7, 11) is 1.62. The highest BCUT2D eigenvalue weighted by atomic mass is 32.2. The third-order valence-electron chi connectivity index (χ3n) is 3.16. The van der Waals surface area contributed by atoms with Gasteiger partial charge in [-0.3, -0.25) is 0 Å². The Morgan fingerprint density at radius 2 is 2.24 bits per heavy atom. The Kier molecular flexibility index (Phi) is 4.48. The van der Waals surface area contributed by atoms with Gasteiger partial charge in [-0.05, 0) is 19.1 Å². The number of aromatic nitrogens is 2. The fraction of sp³-hybridized carbons (Fsp3) is 0.667. The largest absolute Gasteiger partial charge is 0.481 e. The number of anilines is 1. The molecule has 0 aromatic carbocycles. The number of nitrogens with one attached hydrogen (secondary N) is 1. The van der Waals surface area contributed by atoms with Crippen molar-refractivity contribution < 1.29 is 4.74 Å². The molecule has 17 heavy (non-hydrogen) atoms. The zero-order chi connectivity index (χ0) is 12.1. The standard InChI is InChI=1S/C12H19N3OS/c1-16-11-7-8-13-12(15-11)14-9-5-3-4-6-10(9)17-2/h7-10H,3-6H2,1-2H3,(H,13,14,15). The minimum atomic E-state index is 0.478. The van der Waals surface area contributed by atoms with Crippen LogP contribution in [-0.2, 0) is 0 Å². The summed E-state index contributed by atoms with van der Waals surface area (Å²) in [6, 6.07) is 2.24. The fourth-order valence-corrected chi connectivity index (χ4v) is 3.17. The molecule has 2 atom stereocenters. The van der Waals surface area contributed by atoms with Gasteiger partial charge >= 0.3 is 0 Å². The second-order valence-corrected chi connectivity index (χ2v) is 5.31. The van der Waals surface area contributed by atoms with E-state index in [1.54, 1.807) is 19.4 Å². The number of thioether (sulfide) groups is 1. The molecule has 1 fully saturated rings. The molecule has 94 valence electrons. The van der Waals surface area contributed by atoms with Crippen LogP contribution in [0.3, 0.4) is 0 Å². The topological polar surface area (TPSA) is 47.0 Å². The normalized spacial score (nSPS) is 24.4. The van der Waals surface area contributed by atoms with Crippen molar-refractivity contribution in [3.05, 3.63) is 12.3 Å². The minimum absolute atomic E-state index is 0.478. The predicted molar refractivity (Wildman–Crippen MR) is 71.8 cm³/mol. The molecule has 5 heteroatoms. The van der Waals surface area contributed by atoms with E-state index in [-0.39, 0.29) is 0 Å². The van der Waals surface area contributed by atoms with Gasteiger partial charge in [0.1, 0.15) is 0 Å². The summed E-state index contributed by atoms with van der Waals surface area (Å²) in [5.41, 5.74) is 0. The van der Waals surface area contributed by atoms with Gasteiger partial charge in [0.15, 0.2) is 0 Å². The molecule has 1 N–H and O–H groups in total. The number of methoxy groups -OCH3 is 1. The van der Waals surface area contributed by atoms with Crippen LogP contribution in [0.2, 0.25) is 0 Å². The molecule has 0 aliphatic heterocycles. The third kappa shape index (κ3) is 3.25. The van der Waals surface area contributed by atoms with E-state index < -0.39 is 0 Å². The molecular weight excluding hydrogens is 234 g/mol. The van der Waals surface area contributed by atoms with Crippen LogP contribution in [0.15, 0.2) is 12.3 Å². The SMILES string of the molecule is COc1ccnc(NC2CCCCC2SC)n1. The number of hydrogen-bond donors (Lipinski definition) is 1. The lowest BCUT2D eigenvalue weighted by Crippen LogP contribution is -2.34. The van der Waals surface area contributed by atoms with E-state index in [0.717, 1.165) is 0 Å². The molecular formula is C12H19N3OS. The van der Waals surface area contributed by atoms with E-state index >= 15 is 0 Å². The molecule has 4 nitrogen and oxygen atoms in total. The van der Waals surface area contributed by atoms with Gasteiger partial charge in [-0.25, -0.2) is 4.98 Å². The Balaban J connectivity index is 2.02. The number of nitrogens with zero attached hydrogens (tertiary/aromatic N) is 2. The summed E-state index contributed by atoms with van der Waals surface area (Å²) in [4.78, 5) is 8.54. The van der Waals surface area contributed by atoms with Gasteiger partial charge in [-0.15, -0.1) is 0 Å². The van der Waals surface area contributed by atoms with Gasteiger partial charge < -0.3 is 10.1 Å². The van der Waals surface area contributed by atoms with Gasteiger partial charge in [0.2, 0.25) is 11.8 Å². The van der Waals surface area contributed by atoms with Crippen molar-refractivity contribution in [1.82, 2.24) is 9.97 Å². The lowest BCUT2D eigenvalue weighted by atomic mass is 9.95. The first-order valence-corrected chi connectivity index (χ1v) is 7.28. The molecule has 1 saturated carbocycles. The van der Waals surface area contributed by atoms with E-state index in [4.69, 9.17) is 4.74 Å². The summed E-state index contributed by atoms with van der Waals surface area (Å²) in [5, 5.41) is 4.10. The first-order chi connectivity index (χ1) is 8.33. The summed E-state index contributed by atoms with van der Waals surface area (Å²) < 4.78 is 5.10. The van der Waals surface area contributed by atoms with Crippen molar-refractivity contribution in [2.75, 3.05) is 18.7 Å². The highest BCUT2D eigenvalue weighted by molar-refractivity contribution is 7.99. The molecule has 1 aliphatic rings. The maximum Gasteiger partial charge on any atom is 0.226 e. The monoisotopic (exact) mass is 253 g/mol. The first-order valence-electron chi connectivity index (χ1n) is 6.00. The van der Waals surface area contributed by atoms with Crippen molar-refractivity contribution in [3.63, 3.8) is 0 Å². The fourth-order valence-electron chi connectivity index (χ4n) is 2.24. The molecule has 0 saturated heterocycles. The average Bonchev–Trinajstić information content (AvgIpc) is 2.39. The molecule has 1 heterocycles. The predicted octanol–water partition coefficient (Wildman–Crippen LogP) is 2.57. The van der Waals surface area contributed by atoms with Gasteiger partial charge in [0, 0.05) is 23.6 Å². The molecule has 2 unspecified atom stereocenters. The van der Waals surface area contributed by atoms with Crippen molar-refractivity contribution in [3.8, 4) is 5.88 Å². The highest BCUT2D eigenvalue weighted by Gasteiger charge is 2.24. The molecule has 0 spiro atoms. The van der Waals surface area contributed by atoms with Crippen LogP contribution >= 0.6 is 11.8 Å². The second-order valence-electron chi connectivity index (χ2n) is 4.23. The molecule has 1 aromatic rings. The Hall–Kier alpha value is -0.970. The Morgan fingerprint density at radius 3 is 3.00 bits per heavy atom. The molecule has 0 radical (unpaired) electrons. The summed E-state index contributed by atoms with van der Waals surface area (Å²) in [6.45, 7) is 0.